The summed E-state index contributed by atoms with van der Waals surface area (Å²) in [5.74, 6) is 0. The van der Waals surface area contributed by atoms with Crippen LogP contribution in [0.15, 0.2) is 140 Å². The Kier molecular flexibility index (Phi) is 58.2. The van der Waals surface area contributed by atoms with Crippen LogP contribution >= 0.6 is 0 Å². The number of nitrogens with zero attached hydrogens (tertiary/aromatic N) is 1. The van der Waals surface area contributed by atoms with Crippen molar-refractivity contribution in [1.82, 2.24) is 0 Å². The molecule has 0 amide bonds. The van der Waals surface area contributed by atoms with Crippen LogP contribution in [0.1, 0.15) is 138 Å². The third-order valence-corrected chi connectivity index (χ3v) is 5.46. The van der Waals surface area contributed by atoms with Crippen LogP contribution in [-0.2, 0) is 0 Å². The number of anilines is 3. The fourth-order valence-electron chi connectivity index (χ4n) is 3.97. The van der Waals surface area contributed by atoms with Crippen LogP contribution in [0.3, 0.4) is 0 Å². The van der Waals surface area contributed by atoms with E-state index >= 15 is 0 Å². The first-order valence-electron chi connectivity index (χ1n) is 20.6. The predicted octanol–water partition coefficient (Wildman–Crippen LogP) is 18.8. The zero-order valence-electron chi connectivity index (χ0n) is 37.2. The Labute approximate surface area is 321 Å². The summed E-state index contributed by atoms with van der Waals surface area (Å²) in [6.07, 6.45) is 0. The van der Waals surface area contributed by atoms with Gasteiger partial charge in [-0.3, -0.25) is 0 Å². The average molecular weight is 698 g/mol. The molecule has 0 fully saturated rings. The van der Waals surface area contributed by atoms with Gasteiger partial charge >= 0.3 is 0 Å². The van der Waals surface area contributed by atoms with Gasteiger partial charge in [-0.15, -0.1) is 0 Å². The summed E-state index contributed by atoms with van der Waals surface area (Å²) >= 11 is 0. The van der Waals surface area contributed by atoms with E-state index in [1.54, 1.807) is 0 Å². The molecule has 0 N–H and O–H groups in total. The summed E-state index contributed by atoms with van der Waals surface area (Å²) in [6, 6.07) is 49.1. The Hall–Kier alpha value is -4.10. The Bertz CT molecular complexity index is 1210. The molecule has 1 nitrogen and oxygen atoms in total. The van der Waals surface area contributed by atoms with Crippen molar-refractivity contribution in [3.8, 4) is 22.3 Å². The lowest BCUT2D eigenvalue weighted by Crippen LogP contribution is -2.11. The number of hydrogen-bond donors (Lipinski definition) is 0. The highest BCUT2D eigenvalue weighted by atomic mass is 15.1. The van der Waals surface area contributed by atoms with Gasteiger partial charge in [0.25, 0.3) is 0 Å². The first-order valence-corrected chi connectivity index (χ1v) is 20.6. The maximum absolute atomic E-state index is 2.34. The van der Waals surface area contributed by atoms with E-state index in [0.29, 0.717) is 0 Å². The Morgan fingerprint density at radius 3 is 0.843 bits per heavy atom. The molecule has 0 radical (unpaired) electrons. The highest BCUT2D eigenvalue weighted by Gasteiger charge is 2.17. The van der Waals surface area contributed by atoms with Crippen molar-refractivity contribution in [1.29, 1.82) is 0 Å². The number of hydrogen-bond acceptors (Lipinski definition) is 1. The number of rotatable bonds is 5. The first kappa shape index (κ1) is 59.1. The summed E-state index contributed by atoms with van der Waals surface area (Å²) < 4.78 is 0. The fourth-order valence-corrected chi connectivity index (χ4v) is 3.97. The molecule has 0 saturated heterocycles. The van der Waals surface area contributed by atoms with Gasteiger partial charge in [-0.05, 0) is 47.0 Å². The third kappa shape index (κ3) is 23.9. The van der Waals surface area contributed by atoms with E-state index in [1.807, 2.05) is 138 Å². The highest BCUT2D eigenvalue weighted by Crippen LogP contribution is 2.42. The molecule has 0 aliphatic rings. The van der Waals surface area contributed by atoms with E-state index < -0.39 is 0 Å². The van der Waals surface area contributed by atoms with Crippen LogP contribution in [0.4, 0.5) is 17.1 Å². The van der Waals surface area contributed by atoms with Crippen LogP contribution in [0.5, 0.6) is 0 Å². The van der Waals surface area contributed by atoms with Crippen LogP contribution in [0.25, 0.3) is 22.3 Å². The molecular formula is C50H83N. The molecule has 5 rings (SSSR count). The van der Waals surface area contributed by atoms with Gasteiger partial charge in [0.05, 0.1) is 5.69 Å². The summed E-state index contributed by atoms with van der Waals surface area (Å²) in [7, 11) is 0. The van der Waals surface area contributed by atoms with Crippen molar-refractivity contribution < 1.29 is 0 Å². The molecule has 1 heteroatoms. The second kappa shape index (κ2) is 50.3. The topological polar surface area (TPSA) is 3.24 Å². The number of benzene rings is 5. The van der Waals surface area contributed by atoms with Crippen LogP contribution in [0.2, 0.25) is 0 Å². The largest absolute Gasteiger partial charge is 0.310 e. The van der Waals surface area contributed by atoms with E-state index in [4.69, 9.17) is 0 Å². The van der Waals surface area contributed by atoms with E-state index in [-0.39, 0.29) is 0 Å². The second-order valence-electron chi connectivity index (χ2n) is 7.47. The molecule has 0 unspecified atom stereocenters. The Morgan fingerprint density at radius 1 is 0.255 bits per heavy atom. The molecule has 0 aliphatic carbocycles. The first-order chi connectivity index (χ1) is 25.4. The van der Waals surface area contributed by atoms with Crippen molar-refractivity contribution in [3.63, 3.8) is 0 Å². The van der Waals surface area contributed by atoms with Gasteiger partial charge < -0.3 is 4.90 Å². The molecule has 288 valence electrons. The molecule has 5 aromatic carbocycles. The minimum atomic E-state index is 1.14. The van der Waals surface area contributed by atoms with Gasteiger partial charge in [0.15, 0.2) is 0 Å². The van der Waals surface area contributed by atoms with Crippen molar-refractivity contribution >= 4 is 17.1 Å². The SMILES string of the molecule is CC.CC.CC.CC.CC.CC.CC.CC.CC.CC.c1ccc(-c2ccc(-c3ccccc3)c(N(c3ccccc3)c3ccccc3)c2)cc1. The molecule has 0 aliphatic heterocycles. The summed E-state index contributed by atoms with van der Waals surface area (Å²) in [4.78, 5) is 2.34. The second-order valence-corrected chi connectivity index (χ2v) is 7.47. The van der Waals surface area contributed by atoms with Gasteiger partial charge in [0, 0.05) is 16.9 Å². The minimum Gasteiger partial charge on any atom is -0.310 e. The predicted molar refractivity (Wildman–Crippen MR) is 245 cm³/mol. The van der Waals surface area contributed by atoms with Crippen molar-refractivity contribution in [2.45, 2.75) is 138 Å². The average Bonchev–Trinajstić information content (AvgIpc) is 3.29. The number of para-hydroxylation sites is 2. The smallest absolute Gasteiger partial charge is 0.0546 e. The van der Waals surface area contributed by atoms with Gasteiger partial charge in [-0.1, -0.05) is 248 Å². The quantitative estimate of drug-likeness (QED) is 0.177. The molecule has 0 saturated carbocycles. The molecule has 0 bridgehead atoms. The fraction of sp³-hybridized carbons (Fsp3) is 0.400. The normalized spacial score (nSPS) is 7.61. The van der Waals surface area contributed by atoms with Crippen molar-refractivity contribution in [3.05, 3.63) is 140 Å². The molecule has 0 spiro atoms. The van der Waals surface area contributed by atoms with E-state index in [0.717, 1.165) is 17.1 Å². The molecule has 0 aromatic heterocycles. The molecule has 0 heterocycles. The van der Waals surface area contributed by atoms with Crippen LogP contribution in [-0.4, -0.2) is 0 Å². The van der Waals surface area contributed by atoms with Gasteiger partial charge in [0.2, 0.25) is 0 Å². The van der Waals surface area contributed by atoms with E-state index in [2.05, 4.69) is 144 Å². The van der Waals surface area contributed by atoms with Crippen molar-refractivity contribution in [2.24, 2.45) is 0 Å². The maximum atomic E-state index is 2.34. The van der Waals surface area contributed by atoms with Gasteiger partial charge in [-0.25, -0.2) is 0 Å². The van der Waals surface area contributed by atoms with Gasteiger partial charge in [0.1, 0.15) is 0 Å². The van der Waals surface area contributed by atoms with E-state index in [1.165, 1.54) is 22.3 Å². The summed E-state index contributed by atoms with van der Waals surface area (Å²) in [5.41, 5.74) is 8.25. The molecular weight excluding hydrogens is 615 g/mol. The maximum Gasteiger partial charge on any atom is 0.0546 e. The van der Waals surface area contributed by atoms with Crippen molar-refractivity contribution in [2.75, 3.05) is 4.90 Å². The zero-order valence-corrected chi connectivity index (χ0v) is 37.2. The summed E-state index contributed by atoms with van der Waals surface area (Å²) in [6.45, 7) is 40.0. The monoisotopic (exact) mass is 698 g/mol. The van der Waals surface area contributed by atoms with Gasteiger partial charge in [-0.2, -0.15) is 0 Å². The highest BCUT2D eigenvalue weighted by molar-refractivity contribution is 5.90. The Morgan fingerprint density at radius 2 is 0.529 bits per heavy atom. The molecule has 0 atom stereocenters. The molecule has 5 aromatic rings. The lowest BCUT2D eigenvalue weighted by molar-refractivity contribution is 1.28. The lowest BCUT2D eigenvalue weighted by atomic mass is 9.97. The lowest BCUT2D eigenvalue weighted by Gasteiger charge is -2.28. The van der Waals surface area contributed by atoms with E-state index in [9.17, 15) is 0 Å². The van der Waals surface area contributed by atoms with Crippen LogP contribution in [0, 0.1) is 0 Å². The Balaban J connectivity index is -0.000000220. The minimum absolute atomic E-state index is 1.14. The third-order valence-electron chi connectivity index (χ3n) is 5.46. The zero-order chi connectivity index (χ0) is 40.9. The summed E-state index contributed by atoms with van der Waals surface area (Å²) in [5, 5.41) is 0. The van der Waals surface area contributed by atoms with Crippen LogP contribution < -0.4 is 4.90 Å². The standard InChI is InChI=1S/C30H23N.10C2H6/c1-5-13-24(14-6-1)26-21-22-29(25-15-7-2-8-16-25)30(23-26)31(27-17-9-3-10-18-27)28-19-11-4-12-20-28;10*1-2/h1-23H;10*1-2H3. The molecule has 51 heavy (non-hydrogen) atoms.